The van der Waals surface area contributed by atoms with Crippen molar-refractivity contribution in [3.8, 4) is 0 Å². The highest BCUT2D eigenvalue weighted by Crippen LogP contribution is 2.20. The molecule has 2 aliphatic heterocycles. The second kappa shape index (κ2) is 6.74. The summed E-state index contributed by atoms with van der Waals surface area (Å²) in [5.74, 6) is 0.322. The largest absolute Gasteiger partial charge is 0.472 e. The van der Waals surface area contributed by atoms with Crippen LogP contribution in [0.3, 0.4) is 0 Å². The summed E-state index contributed by atoms with van der Waals surface area (Å²) in [4.78, 5) is 32.1. The zero-order chi connectivity index (χ0) is 18.0. The molecule has 1 fully saturated rings. The van der Waals surface area contributed by atoms with E-state index in [0.29, 0.717) is 25.5 Å². The number of amides is 3. The predicted octanol–water partition coefficient (Wildman–Crippen LogP) is 1.56. The molecule has 0 aromatic heterocycles. The molecule has 1 N–H and O–H groups in total. The molecule has 134 valence electrons. The van der Waals surface area contributed by atoms with Crippen LogP contribution in [-0.2, 0) is 9.53 Å². The highest BCUT2D eigenvalue weighted by Gasteiger charge is 2.31. The van der Waals surface area contributed by atoms with Crippen molar-refractivity contribution in [3.05, 3.63) is 29.8 Å². The van der Waals surface area contributed by atoms with Crippen molar-refractivity contribution in [1.82, 2.24) is 10.2 Å². The van der Waals surface area contributed by atoms with Crippen LogP contribution in [0.5, 0.6) is 0 Å². The van der Waals surface area contributed by atoms with Gasteiger partial charge in [0.1, 0.15) is 12.1 Å². The first-order valence-electron chi connectivity index (χ1n) is 8.46. The number of anilines is 1. The molecule has 0 atom stereocenters. The molecule has 3 amide bonds. The van der Waals surface area contributed by atoms with Crippen LogP contribution in [0, 0.1) is 6.92 Å². The van der Waals surface area contributed by atoms with E-state index in [1.165, 1.54) is 0 Å². The SMILES string of the molecule is Cc1ccc(N2CCN(CC(=O)NCC3=NCC(C)(C)O3)C2=O)cc1. The molecular formula is C18H24N4O3. The van der Waals surface area contributed by atoms with Gasteiger partial charge in [-0.05, 0) is 32.9 Å². The average molecular weight is 344 g/mol. The van der Waals surface area contributed by atoms with Gasteiger partial charge in [0, 0.05) is 18.8 Å². The summed E-state index contributed by atoms with van der Waals surface area (Å²) in [6.45, 7) is 7.91. The van der Waals surface area contributed by atoms with E-state index in [1.54, 1.807) is 9.80 Å². The van der Waals surface area contributed by atoms with Gasteiger partial charge in [-0.3, -0.25) is 9.69 Å². The van der Waals surface area contributed by atoms with E-state index < -0.39 is 0 Å². The van der Waals surface area contributed by atoms with Crippen molar-refractivity contribution >= 4 is 23.5 Å². The predicted molar refractivity (Wildman–Crippen MR) is 96.0 cm³/mol. The van der Waals surface area contributed by atoms with Gasteiger partial charge < -0.3 is 15.0 Å². The lowest BCUT2D eigenvalue weighted by Crippen LogP contribution is -2.41. The van der Waals surface area contributed by atoms with Gasteiger partial charge in [0.2, 0.25) is 11.8 Å². The fraction of sp³-hybridized carbons (Fsp3) is 0.500. The van der Waals surface area contributed by atoms with E-state index in [2.05, 4.69) is 10.3 Å². The molecule has 7 nitrogen and oxygen atoms in total. The van der Waals surface area contributed by atoms with Crippen molar-refractivity contribution in [3.63, 3.8) is 0 Å². The minimum atomic E-state index is -0.306. The maximum Gasteiger partial charge on any atom is 0.325 e. The lowest BCUT2D eigenvalue weighted by Gasteiger charge is -2.19. The van der Waals surface area contributed by atoms with Crippen molar-refractivity contribution < 1.29 is 14.3 Å². The summed E-state index contributed by atoms with van der Waals surface area (Å²) in [5, 5.41) is 2.76. The van der Waals surface area contributed by atoms with Crippen LogP contribution in [0.2, 0.25) is 0 Å². The highest BCUT2D eigenvalue weighted by atomic mass is 16.5. The fourth-order valence-electron chi connectivity index (χ4n) is 2.85. The third-order valence-electron chi connectivity index (χ3n) is 4.24. The number of carbonyl (C=O) groups is 2. The Hall–Kier alpha value is -2.57. The second-order valence-electron chi connectivity index (χ2n) is 7.04. The minimum Gasteiger partial charge on any atom is -0.472 e. The van der Waals surface area contributed by atoms with Crippen molar-refractivity contribution in [2.24, 2.45) is 4.99 Å². The topological polar surface area (TPSA) is 74.2 Å². The summed E-state index contributed by atoms with van der Waals surface area (Å²) in [6.07, 6.45) is 0. The Bertz CT molecular complexity index is 697. The number of hydrogen-bond donors (Lipinski definition) is 1. The molecule has 1 aromatic carbocycles. The zero-order valence-corrected chi connectivity index (χ0v) is 14.9. The van der Waals surface area contributed by atoms with Crippen LogP contribution >= 0.6 is 0 Å². The summed E-state index contributed by atoms with van der Waals surface area (Å²) in [5.41, 5.74) is 1.70. The Balaban J connectivity index is 1.49. The van der Waals surface area contributed by atoms with Crippen LogP contribution in [0.4, 0.5) is 10.5 Å². The van der Waals surface area contributed by atoms with E-state index in [0.717, 1.165) is 11.3 Å². The Morgan fingerprint density at radius 3 is 2.64 bits per heavy atom. The second-order valence-corrected chi connectivity index (χ2v) is 7.04. The number of aryl methyl sites for hydroxylation is 1. The number of hydrogen-bond acceptors (Lipinski definition) is 4. The molecule has 0 spiro atoms. The molecule has 0 bridgehead atoms. The van der Waals surface area contributed by atoms with Crippen molar-refractivity contribution in [2.45, 2.75) is 26.4 Å². The average Bonchev–Trinajstić information content (AvgIpc) is 3.09. The highest BCUT2D eigenvalue weighted by molar-refractivity contribution is 5.96. The summed E-state index contributed by atoms with van der Waals surface area (Å²) in [6, 6.07) is 7.65. The third-order valence-corrected chi connectivity index (χ3v) is 4.24. The fourth-order valence-corrected chi connectivity index (χ4v) is 2.85. The normalized spacial score (nSPS) is 19.0. The molecule has 7 heteroatoms. The van der Waals surface area contributed by atoms with Crippen LogP contribution in [0.15, 0.2) is 29.3 Å². The number of nitrogens with zero attached hydrogens (tertiary/aromatic N) is 3. The lowest BCUT2D eigenvalue weighted by atomic mass is 10.1. The maximum absolute atomic E-state index is 12.5. The van der Waals surface area contributed by atoms with Gasteiger partial charge >= 0.3 is 6.03 Å². The van der Waals surface area contributed by atoms with Crippen LogP contribution in [-0.4, -0.2) is 61.1 Å². The van der Waals surface area contributed by atoms with Gasteiger partial charge in [0.15, 0.2) is 0 Å². The number of carbonyl (C=O) groups excluding carboxylic acids is 2. The van der Waals surface area contributed by atoms with Gasteiger partial charge in [0.25, 0.3) is 0 Å². The smallest absolute Gasteiger partial charge is 0.325 e. The Labute approximate surface area is 147 Å². The molecule has 0 unspecified atom stereocenters. The lowest BCUT2D eigenvalue weighted by molar-refractivity contribution is -0.121. The molecule has 0 aliphatic carbocycles. The third kappa shape index (κ3) is 4.10. The van der Waals surface area contributed by atoms with E-state index in [1.807, 2.05) is 45.0 Å². The molecule has 2 heterocycles. The van der Waals surface area contributed by atoms with E-state index >= 15 is 0 Å². The summed E-state index contributed by atoms with van der Waals surface area (Å²) < 4.78 is 5.62. The van der Waals surface area contributed by atoms with E-state index in [-0.39, 0.29) is 30.6 Å². The van der Waals surface area contributed by atoms with Crippen molar-refractivity contribution in [2.75, 3.05) is 37.6 Å². The van der Waals surface area contributed by atoms with E-state index in [9.17, 15) is 9.59 Å². The number of ether oxygens (including phenoxy) is 1. The molecular weight excluding hydrogens is 320 g/mol. The Morgan fingerprint density at radius 2 is 2.00 bits per heavy atom. The number of urea groups is 1. The van der Waals surface area contributed by atoms with Gasteiger partial charge in [0.05, 0.1) is 13.1 Å². The van der Waals surface area contributed by atoms with Crippen LogP contribution in [0.1, 0.15) is 19.4 Å². The zero-order valence-electron chi connectivity index (χ0n) is 14.9. The molecule has 0 radical (unpaired) electrons. The van der Waals surface area contributed by atoms with Gasteiger partial charge in [-0.1, -0.05) is 17.7 Å². The van der Waals surface area contributed by atoms with E-state index in [4.69, 9.17) is 4.74 Å². The molecule has 1 saturated heterocycles. The van der Waals surface area contributed by atoms with Crippen LogP contribution in [0.25, 0.3) is 0 Å². The maximum atomic E-state index is 12.5. The molecule has 3 rings (SSSR count). The molecule has 0 saturated carbocycles. The van der Waals surface area contributed by atoms with Crippen LogP contribution < -0.4 is 10.2 Å². The summed E-state index contributed by atoms with van der Waals surface area (Å²) >= 11 is 0. The standard InChI is InChI=1S/C18H24N4O3/c1-13-4-6-14(7-5-13)22-9-8-21(17(22)24)11-15(23)19-10-16-20-12-18(2,3)25-16/h4-7H,8-12H2,1-3H3,(H,19,23). The monoisotopic (exact) mass is 344 g/mol. The first kappa shape index (κ1) is 17.3. The van der Waals surface area contributed by atoms with Gasteiger partial charge in [-0.15, -0.1) is 0 Å². The number of rotatable bonds is 5. The first-order valence-corrected chi connectivity index (χ1v) is 8.46. The molecule has 1 aromatic rings. The summed E-state index contributed by atoms with van der Waals surface area (Å²) in [7, 11) is 0. The van der Waals surface area contributed by atoms with Crippen molar-refractivity contribution in [1.29, 1.82) is 0 Å². The Kier molecular flexibility index (Phi) is 4.65. The number of benzene rings is 1. The quantitative estimate of drug-likeness (QED) is 0.881. The van der Waals surface area contributed by atoms with Gasteiger partial charge in [-0.2, -0.15) is 0 Å². The first-order chi connectivity index (χ1) is 11.8. The number of aliphatic imine (C=N–C) groups is 1. The van der Waals surface area contributed by atoms with Gasteiger partial charge in [-0.25, -0.2) is 9.79 Å². The number of nitrogens with one attached hydrogen (secondary N) is 1. The molecule has 2 aliphatic rings. The molecule has 25 heavy (non-hydrogen) atoms. The Morgan fingerprint density at radius 1 is 1.28 bits per heavy atom. The minimum absolute atomic E-state index is 0.0396.